The number of aromatic amines is 1. The largest absolute Gasteiger partial charge is 0.377 e. The predicted molar refractivity (Wildman–Crippen MR) is 77.3 cm³/mol. The molecule has 0 unspecified atom stereocenters. The summed E-state index contributed by atoms with van der Waals surface area (Å²) in [6, 6.07) is 6.77. The number of fused-ring (bicyclic) bond motifs is 1. The molecule has 0 fully saturated rings. The van der Waals surface area contributed by atoms with Crippen molar-refractivity contribution in [3.8, 4) is 0 Å². The Balaban J connectivity index is 2.52. The van der Waals surface area contributed by atoms with Crippen LogP contribution in [-0.2, 0) is 6.67 Å². The van der Waals surface area contributed by atoms with Crippen LogP contribution in [-0.4, -0.2) is 10.5 Å². The minimum absolute atomic E-state index is 0.258. The zero-order chi connectivity index (χ0) is 14.0. The fourth-order valence-corrected chi connectivity index (χ4v) is 1.94. The zero-order valence-corrected chi connectivity index (χ0v) is 11.1. The van der Waals surface area contributed by atoms with Crippen LogP contribution in [0.4, 0.5) is 10.1 Å². The van der Waals surface area contributed by atoms with Crippen LogP contribution in [0.1, 0.15) is 19.4 Å². The first kappa shape index (κ1) is 13.3. The Labute approximate surface area is 111 Å². The van der Waals surface area contributed by atoms with E-state index in [1.54, 1.807) is 12.1 Å². The lowest BCUT2D eigenvalue weighted by Gasteiger charge is -2.23. The Bertz CT molecular complexity index is 673. The Morgan fingerprint density at radius 2 is 2.16 bits per heavy atom. The quantitative estimate of drug-likeness (QED) is 0.828. The molecular formula is C15H17FN2O. The van der Waals surface area contributed by atoms with Gasteiger partial charge in [0, 0.05) is 22.7 Å². The van der Waals surface area contributed by atoms with E-state index in [0.29, 0.717) is 11.1 Å². The molecule has 1 aromatic heterocycles. The van der Waals surface area contributed by atoms with Crippen molar-refractivity contribution < 1.29 is 4.39 Å². The molecule has 2 N–H and O–H groups in total. The van der Waals surface area contributed by atoms with Gasteiger partial charge in [-0.15, -0.1) is 6.58 Å². The second-order valence-corrected chi connectivity index (χ2v) is 5.10. The lowest BCUT2D eigenvalue weighted by atomic mass is 10.0. The fraction of sp³-hybridized carbons (Fsp3) is 0.267. The second kappa shape index (κ2) is 4.88. The van der Waals surface area contributed by atoms with Crippen LogP contribution in [0.3, 0.4) is 0 Å². The average Bonchev–Trinajstić information content (AvgIpc) is 2.36. The van der Waals surface area contributed by atoms with E-state index in [9.17, 15) is 9.18 Å². The number of benzene rings is 1. The van der Waals surface area contributed by atoms with Crippen molar-refractivity contribution in [1.29, 1.82) is 0 Å². The monoisotopic (exact) mass is 260 g/mol. The van der Waals surface area contributed by atoms with Gasteiger partial charge in [0.05, 0.1) is 5.52 Å². The Morgan fingerprint density at radius 3 is 2.79 bits per heavy atom. The minimum atomic E-state index is -0.647. The van der Waals surface area contributed by atoms with Gasteiger partial charge in [0.1, 0.15) is 6.67 Å². The second-order valence-electron chi connectivity index (χ2n) is 5.10. The molecule has 1 heterocycles. The molecule has 2 rings (SSSR count). The van der Waals surface area contributed by atoms with Gasteiger partial charge in [0.15, 0.2) is 0 Å². The van der Waals surface area contributed by atoms with Crippen molar-refractivity contribution in [1.82, 2.24) is 4.98 Å². The summed E-state index contributed by atoms with van der Waals surface area (Å²) in [5.41, 5.74) is 1.34. The van der Waals surface area contributed by atoms with Gasteiger partial charge in [-0.05, 0) is 31.5 Å². The number of halogens is 1. The van der Waals surface area contributed by atoms with Crippen molar-refractivity contribution in [2.24, 2.45) is 0 Å². The highest BCUT2D eigenvalue weighted by Gasteiger charge is 2.12. The maximum atomic E-state index is 12.9. The molecule has 0 spiro atoms. The molecule has 0 atom stereocenters. The third kappa shape index (κ3) is 2.84. The molecule has 0 bridgehead atoms. The molecule has 100 valence electrons. The van der Waals surface area contributed by atoms with Crippen molar-refractivity contribution in [3.63, 3.8) is 0 Å². The van der Waals surface area contributed by atoms with Crippen molar-refractivity contribution >= 4 is 16.6 Å². The lowest BCUT2D eigenvalue weighted by molar-refractivity contribution is 0.487. The number of alkyl halides is 1. The fourth-order valence-electron chi connectivity index (χ4n) is 1.94. The number of hydrogen-bond donors (Lipinski definition) is 2. The molecular weight excluding hydrogens is 243 g/mol. The number of pyridine rings is 1. The van der Waals surface area contributed by atoms with Crippen LogP contribution in [0.2, 0.25) is 0 Å². The van der Waals surface area contributed by atoms with E-state index in [4.69, 9.17) is 0 Å². The van der Waals surface area contributed by atoms with Gasteiger partial charge in [-0.1, -0.05) is 12.1 Å². The van der Waals surface area contributed by atoms with E-state index in [1.807, 2.05) is 26.0 Å². The summed E-state index contributed by atoms with van der Waals surface area (Å²) in [4.78, 5) is 14.2. The Morgan fingerprint density at radius 1 is 1.42 bits per heavy atom. The summed E-state index contributed by atoms with van der Waals surface area (Å²) in [6.45, 7) is 7.10. The van der Waals surface area contributed by atoms with Crippen LogP contribution >= 0.6 is 0 Å². The summed E-state index contributed by atoms with van der Waals surface area (Å²) < 4.78 is 12.9. The van der Waals surface area contributed by atoms with E-state index in [1.165, 1.54) is 6.07 Å². The third-order valence-electron chi connectivity index (χ3n) is 3.05. The van der Waals surface area contributed by atoms with Gasteiger partial charge in [-0.3, -0.25) is 4.79 Å². The van der Waals surface area contributed by atoms with E-state index in [0.717, 1.165) is 11.1 Å². The van der Waals surface area contributed by atoms with Gasteiger partial charge in [0.25, 0.3) is 0 Å². The number of H-pyrrole nitrogens is 1. The summed E-state index contributed by atoms with van der Waals surface area (Å²) >= 11 is 0. The van der Waals surface area contributed by atoms with Gasteiger partial charge in [0.2, 0.25) is 5.56 Å². The van der Waals surface area contributed by atoms with Gasteiger partial charge >= 0.3 is 0 Å². The number of nitrogens with one attached hydrogen (secondary N) is 2. The van der Waals surface area contributed by atoms with Crippen molar-refractivity contribution in [2.45, 2.75) is 26.1 Å². The first-order chi connectivity index (χ1) is 8.95. The average molecular weight is 260 g/mol. The Kier molecular flexibility index (Phi) is 3.42. The van der Waals surface area contributed by atoms with Crippen LogP contribution in [0.5, 0.6) is 0 Å². The number of aromatic nitrogens is 1. The molecule has 3 nitrogen and oxygen atoms in total. The highest BCUT2D eigenvalue weighted by molar-refractivity contribution is 5.85. The minimum Gasteiger partial charge on any atom is -0.377 e. The van der Waals surface area contributed by atoms with Crippen molar-refractivity contribution in [3.05, 3.63) is 52.8 Å². The molecule has 0 saturated heterocycles. The topological polar surface area (TPSA) is 44.9 Å². The van der Waals surface area contributed by atoms with Gasteiger partial charge in [-0.2, -0.15) is 0 Å². The molecule has 1 aromatic carbocycles. The molecule has 0 aliphatic heterocycles. The zero-order valence-electron chi connectivity index (χ0n) is 11.1. The molecule has 2 aromatic rings. The molecule has 19 heavy (non-hydrogen) atoms. The first-order valence-corrected chi connectivity index (χ1v) is 6.09. The maximum Gasteiger partial charge on any atom is 0.248 e. The highest BCUT2D eigenvalue weighted by Crippen LogP contribution is 2.22. The summed E-state index contributed by atoms with van der Waals surface area (Å²) in [5.74, 6) is 0. The van der Waals surface area contributed by atoms with Gasteiger partial charge < -0.3 is 10.3 Å². The molecule has 0 radical (unpaired) electrons. The van der Waals surface area contributed by atoms with Crippen LogP contribution in [0, 0.1) is 0 Å². The predicted octanol–water partition coefficient (Wildman–Crippen LogP) is 3.37. The molecule has 0 aliphatic carbocycles. The van der Waals surface area contributed by atoms with E-state index >= 15 is 0 Å². The molecule has 0 saturated carbocycles. The number of hydrogen-bond acceptors (Lipinski definition) is 2. The SMILES string of the molecule is C=CC(C)(C)Nc1ccc2c(CF)cc(=O)[nH]c2c1. The normalized spacial score (nSPS) is 11.5. The first-order valence-electron chi connectivity index (χ1n) is 6.09. The number of anilines is 1. The van der Waals surface area contributed by atoms with Crippen LogP contribution < -0.4 is 10.9 Å². The smallest absolute Gasteiger partial charge is 0.248 e. The Hall–Kier alpha value is -2.10. The number of rotatable bonds is 4. The van der Waals surface area contributed by atoms with Crippen LogP contribution in [0.25, 0.3) is 10.9 Å². The van der Waals surface area contributed by atoms with E-state index in [2.05, 4.69) is 16.9 Å². The molecule has 0 aliphatic rings. The molecule has 4 heteroatoms. The summed E-state index contributed by atoms with van der Waals surface area (Å²) in [5, 5.41) is 4.01. The maximum absolute atomic E-state index is 12.9. The summed E-state index contributed by atoms with van der Waals surface area (Å²) in [7, 11) is 0. The van der Waals surface area contributed by atoms with E-state index in [-0.39, 0.29) is 11.1 Å². The lowest BCUT2D eigenvalue weighted by Crippen LogP contribution is -2.27. The van der Waals surface area contributed by atoms with E-state index < -0.39 is 6.67 Å². The standard InChI is InChI=1S/C15H17FN2O/c1-4-15(2,3)18-11-5-6-12-10(9-16)7-14(19)17-13(12)8-11/h4-8,18H,1,9H2,2-3H3,(H,17,19). The van der Waals surface area contributed by atoms with Crippen LogP contribution in [0.15, 0.2) is 41.7 Å². The molecule has 0 amide bonds. The van der Waals surface area contributed by atoms with Crippen molar-refractivity contribution in [2.75, 3.05) is 5.32 Å². The third-order valence-corrected chi connectivity index (χ3v) is 3.05. The highest BCUT2D eigenvalue weighted by atomic mass is 19.1. The van der Waals surface area contributed by atoms with Gasteiger partial charge in [-0.25, -0.2) is 4.39 Å². The summed E-state index contributed by atoms with van der Waals surface area (Å²) in [6.07, 6.45) is 1.80.